The van der Waals surface area contributed by atoms with E-state index in [0.717, 1.165) is 0 Å². The van der Waals surface area contributed by atoms with Gasteiger partial charge in [-0.05, 0) is 6.07 Å². The normalized spacial score (nSPS) is 10.3. The Hall–Kier alpha value is -1.38. The number of hydrogen-bond acceptors (Lipinski definition) is 1. The first-order valence-electron chi connectivity index (χ1n) is 4.62. The van der Waals surface area contributed by atoms with Crippen molar-refractivity contribution in [2.45, 2.75) is 20.4 Å². The summed E-state index contributed by atoms with van der Waals surface area (Å²) in [5.41, 5.74) is 0.515. The molecule has 0 atom stereocenters. The predicted molar refractivity (Wildman–Crippen MR) is 53.1 cm³/mol. The summed E-state index contributed by atoms with van der Waals surface area (Å²) in [5, 5.41) is 2.66. The first-order valence-corrected chi connectivity index (χ1v) is 4.62. The third-order valence-corrected chi connectivity index (χ3v) is 1.94. The second kappa shape index (κ2) is 4.74. The van der Waals surface area contributed by atoms with Crippen molar-refractivity contribution in [1.29, 1.82) is 0 Å². The van der Waals surface area contributed by atoms with E-state index in [0.29, 0.717) is 5.56 Å². The van der Waals surface area contributed by atoms with Crippen LogP contribution in [0.3, 0.4) is 0 Å². The molecule has 0 saturated heterocycles. The number of hydrogen-bond donors (Lipinski definition) is 1. The standard InChI is InChI=1S/C11H14FNO/c1-8(2)11(14)13-7-9-5-3-4-6-10(9)12/h3-6,8H,7H2,1-2H3,(H,13,14). The van der Waals surface area contributed by atoms with Crippen molar-refractivity contribution in [2.75, 3.05) is 0 Å². The zero-order valence-electron chi connectivity index (χ0n) is 8.38. The highest BCUT2D eigenvalue weighted by Gasteiger charge is 2.07. The van der Waals surface area contributed by atoms with Gasteiger partial charge >= 0.3 is 0 Å². The molecule has 0 fully saturated rings. The molecule has 1 rings (SSSR count). The van der Waals surface area contributed by atoms with Gasteiger partial charge < -0.3 is 5.32 Å². The van der Waals surface area contributed by atoms with Gasteiger partial charge in [-0.2, -0.15) is 0 Å². The molecular formula is C11H14FNO. The van der Waals surface area contributed by atoms with Crippen LogP contribution < -0.4 is 5.32 Å². The van der Waals surface area contributed by atoms with Crippen molar-refractivity contribution in [3.8, 4) is 0 Å². The summed E-state index contributed by atoms with van der Waals surface area (Å²) in [5.74, 6) is -0.411. The molecule has 2 nitrogen and oxygen atoms in total. The fourth-order valence-electron chi connectivity index (χ4n) is 1.03. The van der Waals surface area contributed by atoms with Crippen LogP contribution in [0.25, 0.3) is 0 Å². The zero-order valence-corrected chi connectivity index (χ0v) is 8.38. The molecule has 0 aliphatic heterocycles. The minimum Gasteiger partial charge on any atom is -0.352 e. The van der Waals surface area contributed by atoms with Crippen LogP contribution in [0, 0.1) is 11.7 Å². The van der Waals surface area contributed by atoms with E-state index in [1.807, 2.05) is 0 Å². The fourth-order valence-corrected chi connectivity index (χ4v) is 1.03. The molecule has 1 amide bonds. The van der Waals surface area contributed by atoms with E-state index in [4.69, 9.17) is 0 Å². The highest BCUT2D eigenvalue weighted by molar-refractivity contribution is 5.77. The summed E-state index contributed by atoms with van der Waals surface area (Å²) in [6.45, 7) is 3.86. The van der Waals surface area contributed by atoms with Crippen LogP contribution in [-0.2, 0) is 11.3 Å². The maximum absolute atomic E-state index is 13.1. The average molecular weight is 195 g/mol. The second-order valence-corrected chi connectivity index (χ2v) is 3.46. The zero-order chi connectivity index (χ0) is 10.6. The maximum Gasteiger partial charge on any atom is 0.222 e. The highest BCUT2D eigenvalue weighted by atomic mass is 19.1. The van der Waals surface area contributed by atoms with Crippen LogP contribution in [-0.4, -0.2) is 5.91 Å². The lowest BCUT2D eigenvalue weighted by atomic mass is 10.2. The molecule has 0 heterocycles. The van der Waals surface area contributed by atoms with Gasteiger partial charge in [-0.1, -0.05) is 32.0 Å². The predicted octanol–water partition coefficient (Wildman–Crippen LogP) is 2.10. The Balaban J connectivity index is 2.54. The number of amides is 1. The average Bonchev–Trinajstić information content (AvgIpc) is 2.16. The van der Waals surface area contributed by atoms with Gasteiger partial charge in [0.25, 0.3) is 0 Å². The van der Waals surface area contributed by atoms with Crippen molar-refractivity contribution >= 4 is 5.91 Å². The Morgan fingerprint density at radius 1 is 1.43 bits per heavy atom. The van der Waals surface area contributed by atoms with Gasteiger partial charge in [0.15, 0.2) is 0 Å². The van der Waals surface area contributed by atoms with E-state index in [2.05, 4.69) is 5.32 Å². The van der Waals surface area contributed by atoms with Crippen molar-refractivity contribution in [3.05, 3.63) is 35.6 Å². The molecule has 0 radical (unpaired) electrons. The molecule has 0 unspecified atom stereocenters. The van der Waals surface area contributed by atoms with Crippen LogP contribution in [0.2, 0.25) is 0 Å². The SMILES string of the molecule is CC(C)C(=O)NCc1ccccc1F. The van der Waals surface area contributed by atoms with Crippen molar-refractivity contribution in [2.24, 2.45) is 5.92 Å². The topological polar surface area (TPSA) is 29.1 Å². The summed E-state index contributed by atoms with van der Waals surface area (Å²) in [6.07, 6.45) is 0. The molecule has 1 N–H and O–H groups in total. The molecule has 0 bridgehead atoms. The van der Waals surface area contributed by atoms with Gasteiger partial charge in [-0.25, -0.2) is 4.39 Å². The Kier molecular flexibility index (Phi) is 3.63. The summed E-state index contributed by atoms with van der Waals surface area (Å²) >= 11 is 0. The van der Waals surface area contributed by atoms with E-state index in [1.165, 1.54) is 6.07 Å². The van der Waals surface area contributed by atoms with E-state index in [-0.39, 0.29) is 24.2 Å². The third kappa shape index (κ3) is 2.83. The lowest BCUT2D eigenvalue weighted by Crippen LogP contribution is -2.27. The highest BCUT2D eigenvalue weighted by Crippen LogP contribution is 2.05. The van der Waals surface area contributed by atoms with Gasteiger partial charge in [0, 0.05) is 18.0 Å². The number of rotatable bonds is 3. The Morgan fingerprint density at radius 3 is 2.64 bits per heavy atom. The molecule has 1 aromatic carbocycles. The van der Waals surface area contributed by atoms with Crippen LogP contribution in [0.4, 0.5) is 4.39 Å². The fraction of sp³-hybridized carbons (Fsp3) is 0.364. The number of carbonyl (C=O) groups excluding carboxylic acids is 1. The first-order chi connectivity index (χ1) is 6.61. The Bertz CT molecular complexity index is 323. The lowest BCUT2D eigenvalue weighted by molar-refractivity contribution is -0.124. The van der Waals surface area contributed by atoms with E-state index in [9.17, 15) is 9.18 Å². The second-order valence-electron chi connectivity index (χ2n) is 3.46. The number of nitrogens with one attached hydrogen (secondary N) is 1. The van der Waals surface area contributed by atoms with Crippen LogP contribution >= 0.6 is 0 Å². The largest absolute Gasteiger partial charge is 0.352 e. The van der Waals surface area contributed by atoms with E-state index < -0.39 is 0 Å². The van der Waals surface area contributed by atoms with Gasteiger partial charge in [0.05, 0.1) is 0 Å². The molecule has 14 heavy (non-hydrogen) atoms. The van der Waals surface area contributed by atoms with Gasteiger partial charge in [-0.3, -0.25) is 4.79 Å². The van der Waals surface area contributed by atoms with E-state index >= 15 is 0 Å². The van der Waals surface area contributed by atoms with Crippen molar-refractivity contribution in [3.63, 3.8) is 0 Å². The molecule has 1 aromatic rings. The number of benzene rings is 1. The minimum atomic E-state index is -0.281. The van der Waals surface area contributed by atoms with Gasteiger partial charge in [0.1, 0.15) is 5.82 Å². The monoisotopic (exact) mass is 195 g/mol. The van der Waals surface area contributed by atoms with Gasteiger partial charge in [-0.15, -0.1) is 0 Å². The van der Waals surface area contributed by atoms with Crippen molar-refractivity contribution in [1.82, 2.24) is 5.32 Å². The summed E-state index contributed by atoms with van der Waals surface area (Å²) in [6, 6.07) is 6.43. The van der Waals surface area contributed by atoms with Crippen LogP contribution in [0.5, 0.6) is 0 Å². The van der Waals surface area contributed by atoms with Crippen LogP contribution in [0.15, 0.2) is 24.3 Å². The molecule has 0 saturated carbocycles. The molecule has 0 aromatic heterocycles. The van der Waals surface area contributed by atoms with Gasteiger partial charge in [0.2, 0.25) is 5.91 Å². The van der Waals surface area contributed by atoms with Crippen molar-refractivity contribution < 1.29 is 9.18 Å². The lowest BCUT2D eigenvalue weighted by Gasteiger charge is -2.07. The summed E-state index contributed by atoms with van der Waals surface area (Å²) in [7, 11) is 0. The quantitative estimate of drug-likeness (QED) is 0.786. The first kappa shape index (κ1) is 10.7. The van der Waals surface area contributed by atoms with Crippen LogP contribution in [0.1, 0.15) is 19.4 Å². The molecule has 0 aliphatic rings. The molecule has 76 valence electrons. The molecule has 3 heteroatoms. The summed E-state index contributed by atoms with van der Waals surface area (Å²) < 4.78 is 13.1. The number of carbonyl (C=O) groups is 1. The summed E-state index contributed by atoms with van der Waals surface area (Å²) in [4.78, 5) is 11.2. The molecule has 0 spiro atoms. The maximum atomic E-state index is 13.1. The third-order valence-electron chi connectivity index (χ3n) is 1.94. The Morgan fingerprint density at radius 2 is 2.07 bits per heavy atom. The molecule has 0 aliphatic carbocycles. The minimum absolute atomic E-state index is 0.0618. The smallest absolute Gasteiger partial charge is 0.222 e. The number of halogens is 1. The molecular weight excluding hydrogens is 181 g/mol. The Labute approximate surface area is 83.1 Å². The van der Waals surface area contributed by atoms with E-state index in [1.54, 1.807) is 32.0 Å².